The van der Waals surface area contributed by atoms with E-state index in [4.69, 9.17) is 0 Å². The zero-order valence-corrected chi connectivity index (χ0v) is 12.6. The zero-order valence-electron chi connectivity index (χ0n) is 12.6. The maximum absolute atomic E-state index is 4.44. The Balaban J connectivity index is 1.94. The average molecular weight is 277 g/mol. The summed E-state index contributed by atoms with van der Waals surface area (Å²) in [6.07, 6.45) is 3.32. The van der Waals surface area contributed by atoms with Crippen LogP contribution in [-0.2, 0) is 13.1 Å². The molecule has 0 aliphatic heterocycles. The highest BCUT2D eigenvalue weighted by Gasteiger charge is 2.09. The fourth-order valence-corrected chi connectivity index (χ4v) is 1.93. The Kier molecular flexibility index (Phi) is 4.84. The largest absolute Gasteiger partial charge is 0.310 e. The SMILES string of the molecule is CC(C)CNCc1ncn(Cc2ncnn2C(C)C)n1. The Morgan fingerprint density at radius 2 is 2.00 bits per heavy atom. The standard InChI is InChI=1S/C13H23N7/c1-10(2)5-14-6-12-16-9-19(18-12)7-13-15-8-17-20(13)11(3)4/h8-11,14H,5-7H2,1-4H3. The number of hydrogen-bond acceptors (Lipinski definition) is 5. The molecule has 20 heavy (non-hydrogen) atoms. The van der Waals surface area contributed by atoms with E-state index in [1.165, 1.54) is 0 Å². The molecule has 7 heteroatoms. The van der Waals surface area contributed by atoms with E-state index >= 15 is 0 Å². The normalized spacial score (nSPS) is 11.7. The van der Waals surface area contributed by atoms with Crippen molar-refractivity contribution in [2.24, 2.45) is 5.92 Å². The minimum Gasteiger partial charge on any atom is -0.310 e. The highest BCUT2D eigenvalue weighted by Crippen LogP contribution is 2.06. The van der Waals surface area contributed by atoms with Crippen LogP contribution >= 0.6 is 0 Å². The summed E-state index contributed by atoms with van der Waals surface area (Å²) in [5.74, 6) is 2.33. The monoisotopic (exact) mass is 277 g/mol. The van der Waals surface area contributed by atoms with E-state index < -0.39 is 0 Å². The van der Waals surface area contributed by atoms with Crippen LogP contribution in [0.1, 0.15) is 45.4 Å². The zero-order chi connectivity index (χ0) is 14.5. The summed E-state index contributed by atoms with van der Waals surface area (Å²) >= 11 is 0. The molecule has 0 bridgehead atoms. The van der Waals surface area contributed by atoms with Crippen LogP contribution < -0.4 is 5.32 Å². The predicted octanol–water partition coefficient (Wildman–Crippen LogP) is 1.24. The summed E-state index contributed by atoms with van der Waals surface area (Å²) in [5.41, 5.74) is 0. The third kappa shape index (κ3) is 3.86. The minimum atomic E-state index is 0.295. The Morgan fingerprint density at radius 1 is 1.20 bits per heavy atom. The molecule has 0 saturated carbocycles. The first kappa shape index (κ1) is 14.6. The summed E-state index contributed by atoms with van der Waals surface area (Å²) in [4.78, 5) is 8.57. The van der Waals surface area contributed by atoms with E-state index in [0.29, 0.717) is 25.0 Å². The number of rotatable bonds is 7. The average Bonchev–Trinajstić information content (AvgIpc) is 2.99. The van der Waals surface area contributed by atoms with Gasteiger partial charge in [0, 0.05) is 6.04 Å². The van der Waals surface area contributed by atoms with Gasteiger partial charge in [-0.25, -0.2) is 19.3 Å². The van der Waals surface area contributed by atoms with Crippen molar-refractivity contribution in [3.05, 3.63) is 24.3 Å². The second kappa shape index (κ2) is 6.60. The van der Waals surface area contributed by atoms with Crippen LogP contribution in [0.4, 0.5) is 0 Å². The van der Waals surface area contributed by atoms with Crippen LogP contribution in [0.5, 0.6) is 0 Å². The molecule has 0 atom stereocenters. The fraction of sp³-hybridized carbons (Fsp3) is 0.692. The van der Waals surface area contributed by atoms with Gasteiger partial charge < -0.3 is 5.32 Å². The summed E-state index contributed by atoms with van der Waals surface area (Å²) in [5, 5.41) is 12.0. The molecule has 2 aromatic heterocycles. The van der Waals surface area contributed by atoms with Gasteiger partial charge in [-0.1, -0.05) is 13.8 Å². The molecule has 1 N–H and O–H groups in total. The van der Waals surface area contributed by atoms with Gasteiger partial charge in [-0.05, 0) is 26.3 Å². The van der Waals surface area contributed by atoms with Crippen molar-refractivity contribution < 1.29 is 0 Å². The quantitative estimate of drug-likeness (QED) is 0.824. The van der Waals surface area contributed by atoms with E-state index in [0.717, 1.165) is 18.2 Å². The van der Waals surface area contributed by atoms with E-state index in [-0.39, 0.29) is 0 Å². The third-order valence-electron chi connectivity index (χ3n) is 2.86. The summed E-state index contributed by atoms with van der Waals surface area (Å²) < 4.78 is 3.70. The molecule has 7 nitrogen and oxygen atoms in total. The van der Waals surface area contributed by atoms with Crippen molar-refractivity contribution in [2.75, 3.05) is 6.54 Å². The number of aromatic nitrogens is 6. The number of hydrogen-bond donors (Lipinski definition) is 1. The van der Waals surface area contributed by atoms with Gasteiger partial charge >= 0.3 is 0 Å². The number of nitrogens with zero attached hydrogens (tertiary/aromatic N) is 6. The molecule has 0 aromatic carbocycles. The summed E-state index contributed by atoms with van der Waals surface area (Å²) in [6, 6.07) is 0.295. The minimum absolute atomic E-state index is 0.295. The molecule has 0 aliphatic rings. The topological polar surface area (TPSA) is 73.5 Å². The van der Waals surface area contributed by atoms with Gasteiger partial charge in [0.2, 0.25) is 0 Å². The van der Waals surface area contributed by atoms with Crippen molar-refractivity contribution in [3.63, 3.8) is 0 Å². The molecule has 0 amide bonds. The lowest BCUT2D eigenvalue weighted by atomic mass is 10.2. The molecule has 2 aromatic rings. The molecular weight excluding hydrogens is 254 g/mol. The van der Waals surface area contributed by atoms with Crippen molar-refractivity contribution in [2.45, 2.75) is 46.8 Å². The summed E-state index contributed by atoms with van der Waals surface area (Å²) in [7, 11) is 0. The summed E-state index contributed by atoms with van der Waals surface area (Å²) in [6.45, 7) is 10.8. The molecule has 0 fully saturated rings. The lowest BCUT2D eigenvalue weighted by Gasteiger charge is -2.08. The van der Waals surface area contributed by atoms with E-state index in [1.807, 2.05) is 4.68 Å². The number of nitrogens with one attached hydrogen (secondary N) is 1. The first-order valence-corrected chi connectivity index (χ1v) is 7.03. The van der Waals surface area contributed by atoms with Gasteiger partial charge in [-0.3, -0.25) is 0 Å². The molecule has 0 saturated heterocycles. The molecule has 2 rings (SSSR count). The Morgan fingerprint density at radius 3 is 2.70 bits per heavy atom. The molecule has 110 valence electrons. The maximum atomic E-state index is 4.44. The van der Waals surface area contributed by atoms with E-state index in [9.17, 15) is 0 Å². The predicted molar refractivity (Wildman–Crippen MR) is 76.1 cm³/mol. The smallest absolute Gasteiger partial charge is 0.164 e. The molecule has 2 heterocycles. The molecular formula is C13H23N7. The second-order valence-electron chi connectivity index (χ2n) is 5.60. The molecule has 0 unspecified atom stereocenters. The Bertz CT molecular complexity index is 526. The lowest BCUT2D eigenvalue weighted by Crippen LogP contribution is -2.20. The second-order valence-corrected chi connectivity index (χ2v) is 5.60. The third-order valence-corrected chi connectivity index (χ3v) is 2.86. The van der Waals surface area contributed by atoms with E-state index in [2.05, 4.69) is 53.2 Å². The Hall–Kier alpha value is -1.76. The van der Waals surface area contributed by atoms with Crippen LogP contribution in [0.15, 0.2) is 12.7 Å². The van der Waals surface area contributed by atoms with Crippen LogP contribution in [0.25, 0.3) is 0 Å². The van der Waals surface area contributed by atoms with Crippen molar-refractivity contribution in [3.8, 4) is 0 Å². The first-order chi connectivity index (χ1) is 9.56. The van der Waals surface area contributed by atoms with Crippen molar-refractivity contribution in [1.82, 2.24) is 34.8 Å². The molecule has 0 radical (unpaired) electrons. The van der Waals surface area contributed by atoms with Gasteiger partial charge in [0.25, 0.3) is 0 Å². The van der Waals surface area contributed by atoms with Crippen LogP contribution in [0, 0.1) is 5.92 Å². The fourth-order valence-electron chi connectivity index (χ4n) is 1.93. The molecule has 0 spiro atoms. The van der Waals surface area contributed by atoms with Gasteiger partial charge in [0.1, 0.15) is 25.0 Å². The molecule has 0 aliphatic carbocycles. The van der Waals surface area contributed by atoms with Gasteiger partial charge in [-0.2, -0.15) is 10.2 Å². The highest BCUT2D eigenvalue weighted by atomic mass is 15.4. The van der Waals surface area contributed by atoms with Crippen LogP contribution in [0.2, 0.25) is 0 Å². The maximum Gasteiger partial charge on any atom is 0.164 e. The highest BCUT2D eigenvalue weighted by molar-refractivity contribution is 4.89. The van der Waals surface area contributed by atoms with Gasteiger partial charge in [0.05, 0.1) is 6.54 Å². The van der Waals surface area contributed by atoms with E-state index in [1.54, 1.807) is 17.3 Å². The van der Waals surface area contributed by atoms with Crippen molar-refractivity contribution in [1.29, 1.82) is 0 Å². The van der Waals surface area contributed by atoms with Gasteiger partial charge in [-0.15, -0.1) is 0 Å². The van der Waals surface area contributed by atoms with Gasteiger partial charge in [0.15, 0.2) is 5.82 Å². The lowest BCUT2D eigenvalue weighted by molar-refractivity contribution is 0.485. The van der Waals surface area contributed by atoms with Crippen molar-refractivity contribution >= 4 is 0 Å². The Labute approximate surface area is 119 Å². The van der Waals surface area contributed by atoms with Crippen LogP contribution in [-0.4, -0.2) is 36.1 Å². The van der Waals surface area contributed by atoms with Crippen LogP contribution in [0.3, 0.4) is 0 Å². The first-order valence-electron chi connectivity index (χ1n) is 7.03.